The summed E-state index contributed by atoms with van der Waals surface area (Å²) in [5.74, 6) is 0.842. The zero-order chi connectivity index (χ0) is 12.3. The fourth-order valence-corrected chi connectivity index (χ4v) is 2.68. The van der Waals surface area contributed by atoms with Gasteiger partial charge in [-0.15, -0.1) is 5.10 Å². The second-order valence-corrected chi connectivity index (χ2v) is 4.80. The van der Waals surface area contributed by atoms with Gasteiger partial charge in [0.25, 0.3) is 0 Å². The predicted molar refractivity (Wildman–Crippen MR) is 73.2 cm³/mol. The minimum absolute atomic E-state index is 0.395. The van der Waals surface area contributed by atoms with Gasteiger partial charge < -0.3 is 10.6 Å². The molecule has 0 atom stereocenters. The first-order chi connectivity index (χ1) is 8.24. The van der Waals surface area contributed by atoms with Crippen LogP contribution in [-0.4, -0.2) is 27.8 Å². The van der Waals surface area contributed by atoms with Gasteiger partial charge in [0.05, 0.1) is 11.8 Å². The molecule has 1 saturated carbocycles. The van der Waals surface area contributed by atoms with Crippen LogP contribution in [0.15, 0.2) is 12.3 Å². The Morgan fingerprint density at radius 3 is 2.82 bits per heavy atom. The van der Waals surface area contributed by atoms with Crippen LogP contribution in [0.5, 0.6) is 0 Å². The molecule has 2 rings (SSSR count). The van der Waals surface area contributed by atoms with Crippen LogP contribution in [0.4, 0.5) is 5.82 Å². The summed E-state index contributed by atoms with van der Waals surface area (Å²) in [6.07, 6.45) is 6.68. The van der Waals surface area contributed by atoms with Crippen molar-refractivity contribution < 1.29 is 0 Å². The van der Waals surface area contributed by atoms with Crippen molar-refractivity contribution >= 4 is 23.0 Å². The molecule has 17 heavy (non-hydrogen) atoms. The fraction of sp³-hybridized carbons (Fsp3) is 0.583. The van der Waals surface area contributed by atoms with Crippen molar-refractivity contribution in [3.8, 4) is 0 Å². The molecule has 0 aliphatic heterocycles. The summed E-state index contributed by atoms with van der Waals surface area (Å²) in [5, 5.41) is 8.19. The van der Waals surface area contributed by atoms with E-state index in [-0.39, 0.29) is 0 Å². The molecular weight excluding hydrogens is 232 g/mol. The lowest BCUT2D eigenvalue weighted by atomic mass is 10.1. The van der Waals surface area contributed by atoms with Crippen molar-refractivity contribution in [1.29, 1.82) is 0 Å². The molecule has 0 radical (unpaired) electrons. The Labute approximate surface area is 107 Å². The monoisotopic (exact) mass is 250 g/mol. The summed E-state index contributed by atoms with van der Waals surface area (Å²) in [4.78, 5) is 2.68. The highest BCUT2D eigenvalue weighted by Gasteiger charge is 2.24. The van der Waals surface area contributed by atoms with Crippen LogP contribution in [-0.2, 0) is 0 Å². The van der Waals surface area contributed by atoms with E-state index in [1.165, 1.54) is 25.7 Å². The van der Waals surface area contributed by atoms with E-state index >= 15 is 0 Å². The smallest absolute Gasteiger partial charge is 0.161 e. The average Bonchev–Trinajstić information content (AvgIpc) is 2.84. The highest BCUT2D eigenvalue weighted by Crippen LogP contribution is 2.28. The SMILES string of the molecule is CCN(c1nnccc1C(N)=S)C1CCCC1. The van der Waals surface area contributed by atoms with Crippen LogP contribution in [0, 0.1) is 0 Å². The molecule has 0 aromatic carbocycles. The Kier molecular flexibility index (Phi) is 3.89. The minimum atomic E-state index is 0.395. The molecule has 0 amide bonds. The lowest BCUT2D eigenvalue weighted by Crippen LogP contribution is -2.35. The minimum Gasteiger partial charge on any atom is -0.389 e. The van der Waals surface area contributed by atoms with Crippen LogP contribution in [0.25, 0.3) is 0 Å². The lowest BCUT2D eigenvalue weighted by Gasteiger charge is -2.29. The van der Waals surface area contributed by atoms with Crippen molar-refractivity contribution in [2.45, 2.75) is 38.6 Å². The normalized spacial score (nSPS) is 16.1. The third-order valence-corrected chi connectivity index (χ3v) is 3.56. The first-order valence-corrected chi connectivity index (χ1v) is 6.53. The maximum absolute atomic E-state index is 5.74. The fourth-order valence-electron chi connectivity index (χ4n) is 2.53. The molecule has 0 spiro atoms. The van der Waals surface area contributed by atoms with Crippen LogP contribution in [0.1, 0.15) is 38.2 Å². The molecule has 4 nitrogen and oxygen atoms in total. The summed E-state index contributed by atoms with van der Waals surface area (Å²) in [7, 11) is 0. The van der Waals surface area contributed by atoms with Crippen molar-refractivity contribution in [1.82, 2.24) is 10.2 Å². The summed E-state index contributed by atoms with van der Waals surface area (Å²) in [5.41, 5.74) is 6.58. The van der Waals surface area contributed by atoms with E-state index in [4.69, 9.17) is 18.0 Å². The molecule has 92 valence electrons. The van der Waals surface area contributed by atoms with Crippen LogP contribution >= 0.6 is 12.2 Å². The van der Waals surface area contributed by atoms with Gasteiger partial charge in [0.15, 0.2) is 5.82 Å². The molecule has 1 aliphatic carbocycles. The zero-order valence-electron chi connectivity index (χ0n) is 10.1. The molecular formula is C12H18N4S. The molecule has 5 heteroatoms. The number of rotatable bonds is 4. The summed E-state index contributed by atoms with van der Waals surface area (Å²) < 4.78 is 0. The Morgan fingerprint density at radius 1 is 1.53 bits per heavy atom. The first-order valence-electron chi connectivity index (χ1n) is 6.12. The molecule has 0 bridgehead atoms. The van der Waals surface area contributed by atoms with E-state index < -0.39 is 0 Å². The first kappa shape index (κ1) is 12.2. The Hall–Kier alpha value is -1.23. The maximum atomic E-state index is 5.74. The second-order valence-electron chi connectivity index (χ2n) is 4.36. The highest BCUT2D eigenvalue weighted by molar-refractivity contribution is 7.80. The molecule has 1 aliphatic rings. The Morgan fingerprint density at radius 2 is 2.24 bits per heavy atom. The quantitative estimate of drug-likeness (QED) is 0.827. The van der Waals surface area contributed by atoms with Gasteiger partial charge in [-0.05, 0) is 25.8 Å². The van der Waals surface area contributed by atoms with E-state index in [1.54, 1.807) is 6.20 Å². The molecule has 1 fully saturated rings. The van der Waals surface area contributed by atoms with E-state index in [9.17, 15) is 0 Å². The topological polar surface area (TPSA) is 55.0 Å². The third-order valence-electron chi connectivity index (χ3n) is 3.34. The number of hydrogen-bond donors (Lipinski definition) is 1. The van der Waals surface area contributed by atoms with Crippen molar-refractivity contribution in [2.24, 2.45) is 5.73 Å². The third kappa shape index (κ3) is 2.54. The molecule has 1 aromatic heterocycles. The highest BCUT2D eigenvalue weighted by atomic mass is 32.1. The molecule has 1 heterocycles. The van der Waals surface area contributed by atoms with Gasteiger partial charge >= 0.3 is 0 Å². The molecule has 0 saturated heterocycles. The largest absolute Gasteiger partial charge is 0.389 e. The van der Waals surface area contributed by atoms with Gasteiger partial charge in [-0.3, -0.25) is 0 Å². The van der Waals surface area contributed by atoms with Gasteiger partial charge in [-0.2, -0.15) is 5.10 Å². The number of aromatic nitrogens is 2. The van der Waals surface area contributed by atoms with E-state index in [0.29, 0.717) is 11.0 Å². The van der Waals surface area contributed by atoms with E-state index in [1.807, 2.05) is 6.07 Å². The number of anilines is 1. The Balaban J connectivity index is 2.32. The summed E-state index contributed by atoms with van der Waals surface area (Å²) >= 11 is 5.07. The number of nitrogens with zero attached hydrogens (tertiary/aromatic N) is 3. The van der Waals surface area contributed by atoms with Crippen LogP contribution in [0.2, 0.25) is 0 Å². The van der Waals surface area contributed by atoms with Crippen molar-refractivity contribution in [3.63, 3.8) is 0 Å². The summed E-state index contributed by atoms with van der Waals surface area (Å²) in [6.45, 7) is 3.05. The van der Waals surface area contributed by atoms with E-state index in [2.05, 4.69) is 22.0 Å². The maximum Gasteiger partial charge on any atom is 0.161 e. The van der Waals surface area contributed by atoms with Crippen LogP contribution < -0.4 is 10.6 Å². The van der Waals surface area contributed by atoms with Crippen molar-refractivity contribution in [2.75, 3.05) is 11.4 Å². The zero-order valence-corrected chi connectivity index (χ0v) is 10.9. The molecule has 0 unspecified atom stereocenters. The van der Waals surface area contributed by atoms with Crippen LogP contribution in [0.3, 0.4) is 0 Å². The summed E-state index contributed by atoms with van der Waals surface area (Å²) in [6, 6.07) is 2.41. The number of nitrogens with two attached hydrogens (primary N) is 1. The lowest BCUT2D eigenvalue weighted by molar-refractivity contribution is 0.609. The van der Waals surface area contributed by atoms with Gasteiger partial charge in [-0.25, -0.2) is 0 Å². The van der Waals surface area contributed by atoms with E-state index in [0.717, 1.165) is 17.9 Å². The van der Waals surface area contributed by atoms with Gasteiger partial charge in [0, 0.05) is 12.6 Å². The predicted octanol–water partition coefficient (Wildman–Crippen LogP) is 1.88. The number of hydrogen-bond acceptors (Lipinski definition) is 4. The van der Waals surface area contributed by atoms with Gasteiger partial charge in [-0.1, -0.05) is 25.1 Å². The standard InChI is InChI=1S/C12H18N4S/c1-2-16(9-5-3-4-6-9)12-10(11(13)17)7-8-14-15-12/h7-9H,2-6H2,1H3,(H2,13,17). The Bertz CT molecular complexity index is 401. The van der Waals surface area contributed by atoms with Gasteiger partial charge in [0.1, 0.15) is 4.99 Å². The van der Waals surface area contributed by atoms with Gasteiger partial charge in [0.2, 0.25) is 0 Å². The van der Waals surface area contributed by atoms with Crippen molar-refractivity contribution in [3.05, 3.63) is 17.8 Å². The number of thiocarbonyl (C=S) groups is 1. The molecule has 1 aromatic rings. The average molecular weight is 250 g/mol. The molecule has 2 N–H and O–H groups in total. The second kappa shape index (κ2) is 5.40.